The summed E-state index contributed by atoms with van der Waals surface area (Å²) in [6, 6.07) is 3.39. The average molecular weight is 524 g/mol. The van der Waals surface area contributed by atoms with Gasteiger partial charge in [0, 0.05) is 56.1 Å². The van der Waals surface area contributed by atoms with Crippen LogP contribution in [0.1, 0.15) is 11.4 Å². The van der Waals surface area contributed by atoms with E-state index in [9.17, 15) is 22.8 Å². The molecular weight excluding hydrogens is 499 g/mol. The molecule has 1 aliphatic heterocycles. The monoisotopic (exact) mass is 523 g/mol. The van der Waals surface area contributed by atoms with Crippen molar-refractivity contribution in [1.82, 2.24) is 30.3 Å². The number of nitrogens with two attached hydrogens (primary N) is 1. The molecule has 4 rings (SSSR count). The summed E-state index contributed by atoms with van der Waals surface area (Å²) in [5.74, 6) is -2.03. The molecule has 1 saturated heterocycles. The van der Waals surface area contributed by atoms with E-state index < -0.39 is 29.5 Å². The average Bonchev–Trinajstić information content (AvgIpc) is 3.32. The van der Waals surface area contributed by atoms with Crippen molar-refractivity contribution < 1.29 is 27.5 Å². The number of primary amides is 1. The molecule has 2 aromatic heterocycles. The highest BCUT2D eigenvalue weighted by Gasteiger charge is 2.49. The van der Waals surface area contributed by atoms with E-state index in [4.69, 9.17) is 5.73 Å². The smallest absolute Gasteiger partial charge is 0.407 e. The quantitative estimate of drug-likeness (QED) is 0.558. The lowest BCUT2D eigenvalue weighted by Gasteiger charge is -2.38. The minimum atomic E-state index is -5.06. The number of aromatic nitrogens is 3. The van der Waals surface area contributed by atoms with Crippen molar-refractivity contribution in [3.63, 3.8) is 0 Å². The Labute approximate surface area is 208 Å². The van der Waals surface area contributed by atoms with E-state index in [0.29, 0.717) is 23.7 Å². The summed E-state index contributed by atoms with van der Waals surface area (Å²) in [5, 5.41) is 11.3. The predicted molar refractivity (Wildman–Crippen MR) is 124 cm³/mol. The van der Waals surface area contributed by atoms with Gasteiger partial charge in [0.25, 0.3) is 0 Å². The van der Waals surface area contributed by atoms with Crippen LogP contribution < -0.4 is 11.1 Å². The summed E-state index contributed by atoms with van der Waals surface area (Å²) in [4.78, 5) is 33.2. The van der Waals surface area contributed by atoms with Gasteiger partial charge in [-0.25, -0.2) is 0 Å². The van der Waals surface area contributed by atoms with Crippen molar-refractivity contribution in [1.29, 1.82) is 0 Å². The number of carbonyl (C=O) groups is 2. The van der Waals surface area contributed by atoms with Gasteiger partial charge in [0.05, 0.1) is 6.54 Å². The molecule has 14 heteroatoms. The first-order valence-electron chi connectivity index (χ1n) is 11.0. The molecule has 2 aliphatic rings. The zero-order valence-electron chi connectivity index (χ0n) is 19.3. The fraction of sp³-hybridized carbons (Fsp3) is 0.409. The van der Waals surface area contributed by atoms with Crippen LogP contribution in [0.3, 0.4) is 0 Å². The lowest BCUT2D eigenvalue weighted by Crippen LogP contribution is -2.54. The second-order valence-electron chi connectivity index (χ2n) is 8.50. The molecule has 3 N–H and O–H groups in total. The van der Waals surface area contributed by atoms with Gasteiger partial charge in [-0.15, -0.1) is 23.4 Å². The molecule has 192 valence electrons. The first-order chi connectivity index (χ1) is 17.1. The molecule has 0 bridgehead atoms. The van der Waals surface area contributed by atoms with Crippen LogP contribution in [0.15, 0.2) is 48.0 Å². The van der Waals surface area contributed by atoms with Gasteiger partial charge in [0.15, 0.2) is 10.5 Å². The lowest BCUT2D eigenvalue weighted by molar-refractivity contribution is -0.310. The number of pyridine rings is 1. The van der Waals surface area contributed by atoms with Gasteiger partial charge in [-0.1, -0.05) is 17.4 Å². The molecule has 1 aliphatic carbocycles. The summed E-state index contributed by atoms with van der Waals surface area (Å²) in [7, 11) is 1.97. The van der Waals surface area contributed by atoms with E-state index in [1.165, 1.54) is 6.20 Å². The number of hydrogen-bond donors (Lipinski definition) is 2. The van der Waals surface area contributed by atoms with Gasteiger partial charge in [0.2, 0.25) is 11.8 Å². The number of amides is 2. The number of ether oxygens (including phenoxy) is 1. The van der Waals surface area contributed by atoms with Crippen LogP contribution >= 0.6 is 11.3 Å². The minimum Gasteiger partial charge on any atom is -0.407 e. The number of alkyl halides is 3. The van der Waals surface area contributed by atoms with Crippen LogP contribution in [0.5, 0.6) is 0 Å². The fourth-order valence-corrected chi connectivity index (χ4v) is 4.98. The number of halogens is 3. The molecule has 2 amide bonds. The Balaban J connectivity index is 1.73. The summed E-state index contributed by atoms with van der Waals surface area (Å²) >= 11 is 0.958. The zero-order valence-corrected chi connectivity index (χ0v) is 20.1. The van der Waals surface area contributed by atoms with Gasteiger partial charge in [-0.2, -0.15) is 0 Å². The molecular formula is C22H24F3N7O3S. The third-order valence-electron chi connectivity index (χ3n) is 5.87. The number of likely N-dealkylation sites (N-methyl/N-ethyl adjacent to an activating group) is 1. The zero-order chi connectivity index (χ0) is 25.9. The molecule has 1 unspecified atom stereocenters. The topological polar surface area (TPSA) is 127 Å². The third kappa shape index (κ3) is 5.88. The first kappa shape index (κ1) is 25.7. The van der Waals surface area contributed by atoms with Crippen molar-refractivity contribution >= 4 is 23.2 Å². The number of allylic oxidation sites excluding steroid dienone is 2. The van der Waals surface area contributed by atoms with Crippen molar-refractivity contribution in [2.45, 2.75) is 18.3 Å². The first-order valence-corrected chi connectivity index (χ1v) is 11.8. The van der Waals surface area contributed by atoms with Crippen LogP contribution in [-0.4, -0.2) is 82.9 Å². The second kappa shape index (κ2) is 10.3. The van der Waals surface area contributed by atoms with Crippen molar-refractivity contribution in [2.75, 3.05) is 39.8 Å². The van der Waals surface area contributed by atoms with Crippen molar-refractivity contribution in [3.8, 4) is 10.6 Å². The Morgan fingerprint density at radius 3 is 2.61 bits per heavy atom. The van der Waals surface area contributed by atoms with E-state index in [2.05, 4.69) is 30.1 Å². The highest BCUT2D eigenvalue weighted by molar-refractivity contribution is 7.14. The predicted octanol–water partition coefficient (Wildman–Crippen LogP) is 1.39. The Bertz CT molecular complexity index is 1180. The third-order valence-corrected chi connectivity index (χ3v) is 7.00. The Morgan fingerprint density at radius 2 is 1.97 bits per heavy atom. The Morgan fingerprint density at radius 1 is 1.22 bits per heavy atom. The number of hydrogen-bond acceptors (Lipinski definition) is 9. The highest BCUT2D eigenvalue weighted by Crippen LogP contribution is 2.44. The lowest BCUT2D eigenvalue weighted by atomic mass is 9.84. The van der Waals surface area contributed by atoms with Gasteiger partial charge >= 0.3 is 6.36 Å². The Hall–Kier alpha value is -3.36. The van der Waals surface area contributed by atoms with E-state index in [-0.39, 0.29) is 23.5 Å². The van der Waals surface area contributed by atoms with Gasteiger partial charge in [0.1, 0.15) is 10.8 Å². The minimum absolute atomic E-state index is 0.00236. The van der Waals surface area contributed by atoms with Gasteiger partial charge in [-0.05, 0) is 25.3 Å². The molecule has 1 fully saturated rings. The molecule has 0 radical (unpaired) electrons. The summed E-state index contributed by atoms with van der Waals surface area (Å²) in [6.45, 7) is 2.68. The van der Waals surface area contributed by atoms with Crippen LogP contribution in [0.2, 0.25) is 0 Å². The van der Waals surface area contributed by atoms with Crippen LogP contribution in [0, 0.1) is 0 Å². The van der Waals surface area contributed by atoms with Gasteiger partial charge < -0.3 is 20.7 Å². The maximum atomic E-state index is 13.4. The molecule has 36 heavy (non-hydrogen) atoms. The molecule has 10 nitrogen and oxygen atoms in total. The standard InChI is InChI=1S/C22H24F3N7O3S/c1-31-7-9-32(10-8-31)13-17(33)28-21(20-30-29-19(36-20)15-3-2-6-27-12-15)11-14(18(26)34)4-5-16(21)35-22(23,24)25/h2-6,12H,7-11,13H2,1H3,(H2,26,34)(H,28,33). The number of rotatable bonds is 7. The summed E-state index contributed by atoms with van der Waals surface area (Å²) < 4.78 is 44.6. The molecule has 1 atom stereocenters. The van der Waals surface area contributed by atoms with Gasteiger partial charge in [-0.3, -0.25) is 19.5 Å². The number of nitrogens with one attached hydrogen (secondary N) is 1. The maximum Gasteiger partial charge on any atom is 0.572 e. The number of nitrogens with zero attached hydrogens (tertiary/aromatic N) is 5. The normalized spacial score (nSPS) is 21.4. The molecule has 2 aromatic rings. The highest BCUT2D eigenvalue weighted by atomic mass is 32.1. The second-order valence-corrected chi connectivity index (χ2v) is 9.48. The number of carbonyl (C=O) groups excluding carboxylic acids is 2. The van der Waals surface area contributed by atoms with E-state index in [1.54, 1.807) is 18.3 Å². The summed E-state index contributed by atoms with van der Waals surface area (Å²) in [5.41, 5.74) is 4.10. The molecule has 0 saturated carbocycles. The molecule has 0 aromatic carbocycles. The Kier molecular flexibility index (Phi) is 7.38. The van der Waals surface area contributed by atoms with E-state index >= 15 is 0 Å². The van der Waals surface area contributed by atoms with Crippen LogP contribution in [0.4, 0.5) is 13.2 Å². The SMILES string of the molecule is CN1CCN(CC(=O)NC2(c3nnc(-c4cccnc4)s3)CC(C(N)=O)=CC=C2OC(F)(F)F)CC1. The van der Waals surface area contributed by atoms with E-state index in [0.717, 1.165) is 36.6 Å². The largest absolute Gasteiger partial charge is 0.572 e. The van der Waals surface area contributed by atoms with Crippen LogP contribution in [0.25, 0.3) is 10.6 Å². The van der Waals surface area contributed by atoms with E-state index in [1.807, 2.05) is 11.9 Å². The van der Waals surface area contributed by atoms with Crippen LogP contribution in [-0.2, 0) is 19.9 Å². The fourth-order valence-electron chi connectivity index (χ4n) is 3.99. The number of piperazine rings is 1. The summed E-state index contributed by atoms with van der Waals surface area (Å²) in [6.07, 6.45) is -0.222. The van der Waals surface area contributed by atoms with Crippen molar-refractivity contribution in [2.24, 2.45) is 5.73 Å². The molecule has 0 spiro atoms. The maximum absolute atomic E-state index is 13.4. The van der Waals surface area contributed by atoms with Crippen molar-refractivity contribution in [3.05, 3.63) is 53.0 Å². The molecule has 3 heterocycles.